The van der Waals surface area contributed by atoms with Crippen molar-refractivity contribution in [3.63, 3.8) is 0 Å². The Kier molecular flexibility index (Phi) is 4.32. The van der Waals surface area contributed by atoms with Gasteiger partial charge in [-0.2, -0.15) is 4.99 Å². The van der Waals surface area contributed by atoms with Gasteiger partial charge < -0.3 is 4.57 Å². The van der Waals surface area contributed by atoms with Gasteiger partial charge in [-0.05, 0) is 61.6 Å². The number of thioether (sulfide) groups is 1. The average molecular weight is 397 g/mol. The Morgan fingerprint density at radius 2 is 2.00 bits per heavy atom. The number of aliphatic imine (C=N–C) groups is 1. The van der Waals surface area contributed by atoms with Crippen LogP contribution in [-0.2, 0) is 4.79 Å². The van der Waals surface area contributed by atoms with Crippen molar-refractivity contribution in [2.45, 2.75) is 20.8 Å². The van der Waals surface area contributed by atoms with E-state index >= 15 is 0 Å². The summed E-state index contributed by atoms with van der Waals surface area (Å²) in [4.78, 5) is 18.1. The first-order valence-electron chi connectivity index (χ1n) is 8.38. The second-order valence-corrected chi connectivity index (χ2v) is 7.75. The molecular weight excluding hydrogens is 380 g/mol. The van der Waals surface area contributed by atoms with E-state index in [9.17, 15) is 4.79 Å². The molecule has 2 aromatic rings. The molecule has 136 valence electrons. The lowest BCUT2D eigenvalue weighted by molar-refractivity contribution is -0.114. The normalized spacial score (nSPS) is 17.7. The van der Waals surface area contributed by atoms with Gasteiger partial charge in [0.25, 0.3) is 5.91 Å². The molecule has 4 rings (SSSR count). The molecule has 2 aliphatic heterocycles. The Bertz CT molecular complexity index is 1090. The number of halogens is 1. The van der Waals surface area contributed by atoms with Gasteiger partial charge in [0.2, 0.25) is 0 Å². The molecular formula is C20H17ClN4OS. The van der Waals surface area contributed by atoms with E-state index in [0.29, 0.717) is 10.2 Å². The van der Waals surface area contributed by atoms with Crippen LogP contribution in [0.1, 0.15) is 22.5 Å². The van der Waals surface area contributed by atoms with E-state index in [2.05, 4.69) is 9.56 Å². The fourth-order valence-electron chi connectivity index (χ4n) is 3.24. The molecule has 27 heavy (non-hydrogen) atoms. The third-order valence-corrected chi connectivity index (χ3v) is 5.86. The Hall–Kier alpha value is -2.57. The first-order chi connectivity index (χ1) is 12.9. The van der Waals surface area contributed by atoms with Crippen molar-refractivity contribution in [2.24, 2.45) is 4.99 Å². The summed E-state index contributed by atoms with van der Waals surface area (Å²) in [7, 11) is 0. The standard InChI is InChI=1S/C20H17ClN4OS/c1-11-4-5-15(10-17(11)21)25-12(2)8-14(13(25)3)9-16-18(22)24-6-7-27-20(24)23-19(16)26/h4-10,22H,1-3H3/b16-9-,22-18?. The lowest BCUT2D eigenvalue weighted by Crippen LogP contribution is -2.35. The number of aryl methyl sites for hydroxylation is 2. The van der Waals surface area contributed by atoms with Crippen LogP contribution in [0.5, 0.6) is 0 Å². The van der Waals surface area contributed by atoms with Crippen LogP contribution in [0.3, 0.4) is 0 Å². The van der Waals surface area contributed by atoms with Crippen molar-refractivity contribution < 1.29 is 4.79 Å². The average Bonchev–Trinajstić information content (AvgIpc) is 3.19. The Morgan fingerprint density at radius 3 is 2.74 bits per heavy atom. The minimum Gasteiger partial charge on any atom is -0.318 e. The van der Waals surface area contributed by atoms with E-state index in [-0.39, 0.29) is 17.3 Å². The van der Waals surface area contributed by atoms with Crippen LogP contribution in [-0.4, -0.2) is 26.4 Å². The zero-order chi connectivity index (χ0) is 19.3. The smallest absolute Gasteiger partial charge is 0.283 e. The first kappa shape index (κ1) is 17.8. The number of amidine groups is 2. The minimum absolute atomic E-state index is 0.148. The number of fused-ring (bicyclic) bond motifs is 1. The molecule has 1 N–H and O–H groups in total. The molecule has 0 bridgehead atoms. The van der Waals surface area contributed by atoms with E-state index in [0.717, 1.165) is 28.2 Å². The number of aromatic nitrogens is 1. The van der Waals surface area contributed by atoms with Crippen molar-refractivity contribution in [1.82, 2.24) is 9.47 Å². The van der Waals surface area contributed by atoms with Crippen LogP contribution in [0.2, 0.25) is 5.02 Å². The summed E-state index contributed by atoms with van der Waals surface area (Å²) in [6.45, 7) is 5.97. The molecule has 0 saturated carbocycles. The van der Waals surface area contributed by atoms with E-state index < -0.39 is 0 Å². The van der Waals surface area contributed by atoms with Gasteiger partial charge in [-0.25, -0.2) is 0 Å². The zero-order valence-corrected chi connectivity index (χ0v) is 16.6. The molecule has 1 aromatic heterocycles. The molecule has 0 radical (unpaired) electrons. The highest BCUT2D eigenvalue weighted by Crippen LogP contribution is 2.30. The Balaban J connectivity index is 1.79. The van der Waals surface area contributed by atoms with Gasteiger partial charge >= 0.3 is 0 Å². The molecule has 7 heteroatoms. The van der Waals surface area contributed by atoms with Crippen LogP contribution < -0.4 is 0 Å². The van der Waals surface area contributed by atoms with Crippen molar-refractivity contribution in [3.05, 3.63) is 69.0 Å². The summed E-state index contributed by atoms with van der Waals surface area (Å²) < 4.78 is 2.09. The summed E-state index contributed by atoms with van der Waals surface area (Å²) in [5.74, 6) is -0.236. The van der Waals surface area contributed by atoms with Crippen molar-refractivity contribution in [2.75, 3.05) is 0 Å². The number of benzene rings is 1. The fraction of sp³-hybridized carbons (Fsp3) is 0.150. The second-order valence-electron chi connectivity index (χ2n) is 6.47. The predicted molar refractivity (Wildman–Crippen MR) is 112 cm³/mol. The van der Waals surface area contributed by atoms with Gasteiger partial charge in [0.1, 0.15) is 5.84 Å². The van der Waals surface area contributed by atoms with Gasteiger partial charge in [0, 0.05) is 28.3 Å². The van der Waals surface area contributed by atoms with Gasteiger partial charge in [-0.3, -0.25) is 15.1 Å². The van der Waals surface area contributed by atoms with E-state index in [4.69, 9.17) is 17.0 Å². The monoisotopic (exact) mass is 396 g/mol. The molecule has 0 unspecified atom stereocenters. The van der Waals surface area contributed by atoms with E-state index in [1.165, 1.54) is 11.8 Å². The highest BCUT2D eigenvalue weighted by atomic mass is 35.5. The molecule has 0 atom stereocenters. The number of carbonyl (C=O) groups excluding carboxylic acids is 1. The van der Waals surface area contributed by atoms with Gasteiger partial charge in [-0.1, -0.05) is 29.4 Å². The summed E-state index contributed by atoms with van der Waals surface area (Å²) >= 11 is 7.64. The maximum Gasteiger partial charge on any atom is 0.283 e. The van der Waals surface area contributed by atoms with E-state index in [1.54, 1.807) is 17.2 Å². The molecule has 0 spiro atoms. The third kappa shape index (κ3) is 2.95. The van der Waals surface area contributed by atoms with Crippen LogP contribution in [0.25, 0.3) is 11.8 Å². The summed E-state index contributed by atoms with van der Waals surface area (Å²) in [5.41, 5.74) is 5.16. The molecule has 0 fully saturated rings. The van der Waals surface area contributed by atoms with Gasteiger partial charge in [-0.15, -0.1) is 0 Å². The number of nitrogens with zero attached hydrogens (tertiary/aromatic N) is 3. The lowest BCUT2D eigenvalue weighted by Gasteiger charge is -2.22. The molecule has 5 nitrogen and oxygen atoms in total. The maximum atomic E-state index is 12.4. The molecule has 2 aliphatic rings. The Labute approximate surface area is 166 Å². The number of amides is 1. The van der Waals surface area contributed by atoms with Crippen molar-refractivity contribution in [3.8, 4) is 5.69 Å². The highest BCUT2D eigenvalue weighted by Gasteiger charge is 2.31. The minimum atomic E-state index is -0.384. The number of hydrogen-bond donors (Lipinski definition) is 1. The molecule has 1 amide bonds. The molecule has 3 heterocycles. The number of hydrogen-bond acceptors (Lipinski definition) is 3. The van der Waals surface area contributed by atoms with Crippen molar-refractivity contribution in [1.29, 1.82) is 5.41 Å². The first-order valence-corrected chi connectivity index (χ1v) is 9.64. The topological polar surface area (TPSA) is 61.5 Å². The van der Waals surface area contributed by atoms with Gasteiger partial charge in [0.05, 0.1) is 5.57 Å². The third-order valence-electron chi connectivity index (χ3n) is 4.70. The van der Waals surface area contributed by atoms with Crippen LogP contribution in [0, 0.1) is 26.2 Å². The maximum absolute atomic E-state index is 12.4. The SMILES string of the molecule is Cc1ccc(-n2c(C)cc(/C=C3/C(=N)N4C=CSC4=NC3=O)c2C)cc1Cl. The molecule has 0 aliphatic carbocycles. The highest BCUT2D eigenvalue weighted by molar-refractivity contribution is 8.16. The molecule has 0 saturated heterocycles. The predicted octanol–water partition coefficient (Wildman–Crippen LogP) is 4.83. The van der Waals surface area contributed by atoms with Crippen LogP contribution in [0.4, 0.5) is 0 Å². The van der Waals surface area contributed by atoms with Crippen LogP contribution >= 0.6 is 23.4 Å². The number of carbonyl (C=O) groups is 1. The summed E-state index contributed by atoms with van der Waals surface area (Å²) in [5, 5.41) is 11.4. The number of rotatable bonds is 2. The zero-order valence-electron chi connectivity index (χ0n) is 15.1. The van der Waals surface area contributed by atoms with E-state index in [1.807, 2.05) is 50.4 Å². The van der Waals surface area contributed by atoms with Crippen molar-refractivity contribution >= 4 is 46.3 Å². The Morgan fingerprint density at radius 1 is 1.22 bits per heavy atom. The fourth-order valence-corrected chi connectivity index (χ4v) is 4.12. The quantitative estimate of drug-likeness (QED) is 0.739. The molecule has 1 aromatic carbocycles. The summed E-state index contributed by atoms with van der Waals surface area (Å²) in [6.07, 6.45) is 3.50. The second kappa shape index (κ2) is 6.55. The van der Waals surface area contributed by atoms with Gasteiger partial charge in [0.15, 0.2) is 5.17 Å². The summed E-state index contributed by atoms with van der Waals surface area (Å²) in [6, 6.07) is 7.95. The number of nitrogens with one attached hydrogen (secondary N) is 1. The lowest BCUT2D eigenvalue weighted by atomic mass is 10.1. The largest absolute Gasteiger partial charge is 0.318 e. The van der Waals surface area contributed by atoms with Crippen LogP contribution in [0.15, 0.2) is 46.4 Å².